The van der Waals surface area contributed by atoms with Crippen LogP contribution >= 0.6 is 28.1 Å². The van der Waals surface area contributed by atoms with E-state index in [9.17, 15) is 14.4 Å². The first-order valence-electron chi connectivity index (χ1n) is 12.5. The van der Waals surface area contributed by atoms with Gasteiger partial charge in [-0.2, -0.15) is 0 Å². The molecule has 1 saturated carbocycles. The molecule has 0 saturated heterocycles. The van der Waals surface area contributed by atoms with Crippen LogP contribution in [0.25, 0.3) is 0 Å². The number of carbonyl (C=O) groups is 3. The highest BCUT2D eigenvalue weighted by molar-refractivity contribution is 9.10. The number of thiocarbonyl (C=S) groups is 1. The SMILES string of the molecule is CC(C)CCOc1ccc(Br)cc1C(=O)NC(=S)NNC(=O)c1ccc(NC(=O)C2CCCCC2)cc1. The van der Waals surface area contributed by atoms with Gasteiger partial charge in [0.15, 0.2) is 5.11 Å². The molecule has 4 N–H and O–H groups in total. The topological polar surface area (TPSA) is 109 Å². The minimum Gasteiger partial charge on any atom is -0.493 e. The van der Waals surface area contributed by atoms with Crippen molar-refractivity contribution in [3.05, 3.63) is 58.1 Å². The van der Waals surface area contributed by atoms with Crippen LogP contribution in [0.2, 0.25) is 0 Å². The first-order valence-corrected chi connectivity index (χ1v) is 13.7. The lowest BCUT2D eigenvalue weighted by Gasteiger charge is -2.20. The molecular formula is C27H33BrN4O4S. The van der Waals surface area contributed by atoms with Crippen LogP contribution in [0, 0.1) is 11.8 Å². The Morgan fingerprint density at radius 2 is 1.70 bits per heavy atom. The molecule has 0 heterocycles. The van der Waals surface area contributed by atoms with E-state index in [-0.39, 0.29) is 16.9 Å². The van der Waals surface area contributed by atoms with Gasteiger partial charge in [-0.15, -0.1) is 0 Å². The van der Waals surface area contributed by atoms with Crippen LogP contribution in [-0.4, -0.2) is 29.4 Å². The summed E-state index contributed by atoms with van der Waals surface area (Å²) < 4.78 is 6.51. The highest BCUT2D eigenvalue weighted by Crippen LogP contribution is 2.25. The fourth-order valence-electron chi connectivity index (χ4n) is 3.91. The number of hydrogen-bond donors (Lipinski definition) is 4. The fraction of sp³-hybridized carbons (Fsp3) is 0.407. The van der Waals surface area contributed by atoms with Crippen molar-refractivity contribution < 1.29 is 19.1 Å². The minimum atomic E-state index is -0.467. The summed E-state index contributed by atoms with van der Waals surface area (Å²) in [5.41, 5.74) is 6.34. The van der Waals surface area contributed by atoms with Crippen molar-refractivity contribution in [2.75, 3.05) is 11.9 Å². The summed E-state index contributed by atoms with van der Waals surface area (Å²) in [6.07, 6.45) is 6.06. The monoisotopic (exact) mass is 588 g/mol. The molecule has 0 bridgehead atoms. The van der Waals surface area contributed by atoms with Crippen LogP contribution in [0.3, 0.4) is 0 Å². The Morgan fingerprint density at radius 1 is 1.00 bits per heavy atom. The molecule has 0 spiro atoms. The smallest absolute Gasteiger partial charge is 0.269 e. The maximum atomic E-state index is 12.8. The number of halogens is 1. The zero-order valence-corrected chi connectivity index (χ0v) is 23.5. The summed E-state index contributed by atoms with van der Waals surface area (Å²) in [6.45, 7) is 4.68. The Kier molecular flexibility index (Phi) is 10.9. The second-order valence-corrected chi connectivity index (χ2v) is 10.8. The van der Waals surface area contributed by atoms with Gasteiger partial charge in [0.25, 0.3) is 11.8 Å². The van der Waals surface area contributed by atoms with E-state index in [1.54, 1.807) is 42.5 Å². The Hall–Kier alpha value is -2.98. The second kappa shape index (κ2) is 14.1. The zero-order chi connectivity index (χ0) is 26.8. The molecule has 3 rings (SSSR count). The van der Waals surface area contributed by atoms with E-state index in [4.69, 9.17) is 17.0 Å². The lowest BCUT2D eigenvalue weighted by atomic mass is 9.88. The van der Waals surface area contributed by atoms with Crippen LogP contribution in [0.4, 0.5) is 5.69 Å². The number of hydrogen-bond acceptors (Lipinski definition) is 5. The molecule has 0 radical (unpaired) electrons. The molecule has 198 valence electrons. The van der Waals surface area contributed by atoms with Crippen molar-refractivity contribution in [3.8, 4) is 5.75 Å². The molecule has 2 aromatic carbocycles. The molecular weight excluding hydrogens is 556 g/mol. The van der Waals surface area contributed by atoms with Gasteiger partial charge in [0.1, 0.15) is 5.75 Å². The van der Waals surface area contributed by atoms with Crippen molar-refractivity contribution in [3.63, 3.8) is 0 Å². The number of carbonyl (C=O) groups excluding carboxylic acids is 3. The predicted octanol–water partition coefficient (Wildman–Crippen LogP) is 5.34. The number of nitrogens with one attached hydrogen (secondary N) is 4. The first kappa shape index (κ1) is 28.6. The number of benzene rings is 2. The molecule has 0 atom stereocenters. The normalized spacial score (nSPS) is 13.5. The minimum absolute atomic E-state index is 0.0265. The van der Waals surface area contributed by atoms with E-state index in [1.165, 1.54) is 6.42 Å². The molecule has 3 amide bonds. The van der Waals surface area contributed by atoms with Crippen molar-refractivity contribution in [2.45, 2.75) is 52.4 Å². The molecule has 2 aromatic rings. The van der Waals surface area contributed by atoms with Gasteiger partial charge in [-0.05, 0) is 79.9 Å². The predicted molar refractivity (Wildman–Crippen MR) is 151 cm³/mol. The zero-order valence-electron chi connectivity index (χ0n) is 21.1. The Bertz CT molecular complexity index is 1120. The van der Waals surface area contributed by atoms with E-state index in [0.717, 1.165) is 36.6 Å². The molecule has 8 nitrogen and oxygen atoms in total. The van der Waals surface area contributed by atoms with Crippen molar-refractivity contribution in [1.29, 1.82) is 0 Å². The van der Waals surface area contributed by atoms with Gasteiger partial charge in [0, 0.05) is 21.6 Å². The van der Waals surface area contributed by atoms with Gasteiger partial charge in [0.05, 0.1) is 12.2 Å². The number of rotatable bonds is 8. The Morgan fingerprint density at radius 3 is 2.38 bits per heavy atom. The maximum absolute atomic E-state index is 12.8. The van der Waals surface area contributed by atoms with E-state index in [1.807, 2.05) is 0 Å². The summed E-state index contributed by atoms with van der Waals surface area (Å²) in [4.78, 5) is 37.7. The van der Waals surface area contributed by atoms with Crippen LogP contribution < -0.4 is 26.2 Å². The standard InChI is InChI=1S/C27H33BrN4O4S/c1-17(2)14-15-36-23-13-10-20(28)16-22(23)26(35)30-27(37)32-31-25(34)19-8-11-21(12-9-19)29-24(33)18-6-4-3-5-7-18/h8-13,16-18H,3-7,14-15H2,1-2H3,(H,29,33)(H,31,34)(H2,30,32,35,37). The number of ether oxygens (including phenoxy) is 1. The number of anilines is 1. The largest absolute Gasteiger partial charge is 0.493 e. The van der Waals surface area contributed by atoms with Gasteiger partial charge in [-0.25, -0.2) is 0 Å². The number of hydrazine groups is 1. The van der Waals surface area contributed by atoms with Crippen molar-refractivity contribution in [2.24, 2.45) is 11.8 Å². The lowest BCUT2D eigenvalue weighted by molar-refractivity contribution is -0.120. The number of amides is 3. The third kappa shape index (κ3) is 9.12. The summed E-state index contributed by atoms with van der Waals surface area (Å²) in [7, 11) is 0. The average molecular weight is 590 g/mol. The molecule has 1 fully saturated rings. The van der Waals surface area contributed by atoms with E-state index < -0.39 is 11.8 Å². The summed E-state index contributed by atoms with van der Waals surface area (Å²) in [5, 5.41) is 5.41. The van der Waals surface area contributed by atoms with Gasteiger partial charge in [-0.3, -0.25) is 30.6 Å². The lowest BCUT2D eigenvalue weighted by Crippen LogP contribution is -2.48. The molecule has 0 unspecified atom stereocenters. The van der Waals surface area contributed by atoms with Crippen molar-refractivity contribution >= 4 is 56.7 Å². The van der Waals surface area contributed by atoms with Crippen LogP contribution in [0.5, 0.6) is 5.75 Å². The van der Waals surface area contributed by atoms with Gasteiger partial charge in [0.2, 0.25) is 5.91 Å². The molecule has 0 aromatic heterocycles. The van der Waals surface area contributed by atoms with Crippen LogP contribution in [-0.2, 0) is 4.79 Å². The summed E-state index contributed by atoms with van der Waals surface area (Å²) in [6, 6.07) is 11.8. The summed E-state index contributed by atoms with van der Waals surface area (Å²) >= 11 is 8.54. The third-order valence-corrected chi connectivity index (χ3v) is 6.74. The van der Waals surface area contributed by atoms with E-state index in [2.05, 4.69) is 51.3 Å². The molecule has 37 heavy (non-hydrogen) atoms. The van der Waals surface area contributed by atoms with Gasteiger partial charge >= 0.3 is 0 Å². The fourth-order valence-corrected chi connectivity index (χ4v) is 4.42. The Labute approximate surface area is 231 Å². The maximum Gasteiger partial charge on any atom is 0.269 e. The second-order valence-electron chi connectivity index (χ2n) is 9.44. The molecule has 0 aliphatic heterocycles. The Balaban J connectivity index is 1.49. The highest BCUT2D eigenvalue weighted by Gasteiger charge is 2.21. The van der Waals surface area contributed by atoms with Gasteiger partial charge in [-0.1, -0.05) is 49.0 Å². The molecule has 10 heteroatoms. The van der Waals surface area contributed by atoms with E-state index >= 15 is 0 Å². The average Bonchev–Trinajstić information content (AvgIpc) is 2.88. The highest BCUT2D eigenvalue weighted by atomic mass is 79.9. The molecule has 1 aliphatic carbocycles. The van der Waals surface area contributed by atoms with Crippen molar-refractivity contribution in [1.82, 2.24) is 16.2 Å². The summed E-state index contributed by atoms with van der Waals surface area (Å²) in [5.74, 6) is 0.0939. The molecule has 1 aliphatic rings. The third-order valence-electron chi connectivity index (χ3n) is 6.05. The van der Waals surface area contributed by atoms with Crippen LogP contribution in [0.15, 0.2) is 46.9 Å². The first-order chi connectivity index (χ1) is 17.7. The van der Waals surface area contributed by atoms with E-state index in [0.29, 0.717) is 35.1 Å². The van der Waals surface area contributed by atoms with Crippen LogP contribution in [0.1, 0.15) is 73.1 Å². The quantitative estimate of drug-likeness (QED) is 0.245. The van der Waals surface area contributed by atoms with Gasteiger partial charge < -0.3 is 10.1 Å².